The van der Waals surface area contributed by atoms with Crippen LogP contribution in [0.5, 0.6) is 0 Å². The maximum atomic E-state index is 11.7. The van der Waals surface area contributed by atoms with Crippen LogP contribution in [0.3, 0.4) is 0 Å². The van der Waals surface area contributed by atoms with Crippen molar-refractivity contribution in [3.63, 3.8) is 0 Å². The number of carbonyl (C=O) groups excluding carboxylic acids is 2. The Bertz CT molecular complexity index is 275. The van der Waals surface area contributed by atoms with E-state index in [4.69, 9.17) is 16.0 Å². The summed E-state index contributed by atoms with van der Waals surface area (Å²) < 4.78 is 0. The second-order valence-electron chi connectivity index (χ2n) is 3.97. The number of Topliss-reactive ketones (excluding diaryl/α,β-unsaturated/α-hetero) is 1. The average Bonchev–Trinajstić information content (AvgIpc) is 2.64. The second kappa shape index (κ2) is 6.06. The van der Waals surface area contributed by atoms with Gasteiger partial charge in [0.2, 0.25) is 5.91 Å². The lowest BCUT2D eigenvalue weighted by atomic mass is 10.1. The van der Waals surface area contributed by atoms with Gasteiger partial charge in [-0.3, -0.25) is 9.59 Å². The van der Waals surface area contributed by atoms with Gasteiger partial charge in [-0.15, -0.1) is 0 Å². The molecule has 7 heteroatoms. The SMILES string of the molecule is [B]NC(CNC(=O)C1CCCN1[B])C(C)=O. The molecule has 0 saturated carbocycles. The van der Waals surface area contributed by atoms with E-state index in [0.29, 0.717) is 0 Å². The molecular weight excluding hydrogens is 204 g/mol. The molecule has 1 heterocycles. The van der Waals surface area contributed by atoms with E-state index in [-0.39, 0.29) is 24.3 Å². The molecule has 1 fully saturated rings. The number of carbonyl (C=O) groups is 2. The number of rotatable bonds is 5. The summed E-state index contributed by atoms with van der Waals surface area (Å²) >= 11 is 0. The fourth-order valence-electron chi connectivity index (χ4n) is 1.71. The summed E-state index contributed by atoms with van der Waals surface area (Å²) in [6, 6.07) is -0.832. The van der Waals surface area contributed by atoms with Gasteiger partial charge in [0.15, 0.2) is 16.0 Å². The lowest BCUT2D eigenvalue weighted by molar-refractivity contribution is -0.124. The number of nitrogens with one attached hydrogen (secondary N) is 2. The van der Waals surface area contributed by atoms with Crippen LogP contribution in [-0.2, 0) is 9.59 Å². The molecule has 4 radical (unpaired) electrons. The van der Waals surface area contributed by atoms with Crippen molar-refractivity contribution in [2.24, 2.45) is 0 Å². The van der Waals surface area contributed by atoms with Crippen LogP contribution < -0.4 is 10.5 Å². The first-order chi connectivity index (χ1) is 7.56. The standard InChI is InChI=1S/C9H15B2N3O2/c1-6(15)7(13-10)5-12-9(16)8-3-2-4-14(8)11/h7-8,13H,2-5H2,1H3,(H,12,16). The summed E-state index contributed by atoms with van der Waals surface area (Å²) in [6.07, 6.45) is 1.67. The molecule has 2 N–H and O–H groups in total. The largest absolute Gasteiger partial charge is 0.356 e. The highest BCUT2D eigenvalue weighted by Gasteiger charge is 2.27. The molecule has 0 aromatic heterocycles. The molecule has 2 atom stereocenters. The highest BCUT2D eigenvalue weighted by molar-refractivity contribution is 6.07. The number of ketones is 1. The normalized spacial score (nSPS) is 22.9. The maximum absolute atomic E-state index is 11.7. The Hall–Kier alpha value is -0.810. The quantitative estimate of drug-likeness (QED) is 0.540. The third kappa shape index (κ3) is 3.35. The molecule has 1 rings (SSSR count). The highest BCUT2D eigenvalue weighted by atomic mass is 16.2. The summed E-state index contributed by atoms with van der Waals surface area (Å²) in [7, 11) is 10.8. The van der Waals surface area contributed by atoms with Crippen molar-refractivity contribution in [3.05, 3.63) is 0 Å². The number of hydrogen-bond acceptors (Lipinski definition) is 4. The fraction of sp³-hybridized carbons (Fsp3) is 0.778. The molecular formula is C9H15B2N3O2. The van der Waals surface area contributed by atoms with Crippen LogP contribution in [0.25, 0.3) is 0 Å². The van der Waals surface area contributed by atoms with Gasteiger partial charge < -0.3 is 15.4 Å². The summed E-state index contributed by atoms with van der Waals surface area (Å²) in [5.41, 5.74) is 0. The smallest absolute Gasteiger partial charge is 0.236 e. The molecule has 2 unspecified atom stereocenters. The van der Waals surface area contributed by atoms with Crippen molar-refractivity contribution in [2.45, 2.75) is 31.8 Å². The van der Waals surface area contributed by atoms with Crippen molar-refractivity contribution < 1.29 is 9.59 Å². The Balaban J connectivity index is 2.37. The van der Waals surface area contributed by atoms with Gasteiger partial charge in [-0.2, -0.15) is 0 Å². The number of amides is 1. The van der Waals surface area contributed by atoms with E-state index in [1.165, 1.54) is 11.7 Å². The predicted octanol–water partition coefficient (Wildman–Crippen LogP) is -1.72. The van der Waals surface area contributed by atoms with Gasteiger partial charge in [0.05, 0.1) is 12.1 Å². The monoisotopic (exact) mass is 219 g/mol. The van der Waals surface area contributed by atoms with Crippen molar-refractivity contribution in [2.75, 3.05) is 13.1 Å². The molecule has 84 valence electrons. The minimum Gasteiger partial charge on any atom is -0.356 e. The van der Waals surface area contributed by atoms with Crippen LogP contribution in [0.15, 0.2) is 0 Å². The van der Waals surface area contributed by atoms with Crippen LogP contribution in [0.4, 0.5) is 0 Å². The van der Waals surface area contributed by atoms with Crippen molar-refractivity contribution in [1.82, 2.24) is 15.4 Å². The molecule has 16 heavy (non-hydrogen) atoms. The van der Waals surface area contributed by atoms with Gasteiger partial charge in [-0.25, -0.2) is 0 Å². The molecule has 5 nitrogen and oxygen atoms in total. The zero-order valence-electron chi connectivity index (χ0n) is 9.40. The lowest BCUT2D eigenvalue weighted by Gasteiger charge is -2.21. The van der Waals surface area contributed by atoms with Gasteiger partial charge in [0.25, 0.3) is 0 Å². The molecule has 1 aliphatic rings. The van der Waals surface area contributed by atoms with Gasteiger partial charge in [0.1, 0.15) is 5.78 Å². The van der Waals surface area contributed by atoms with Crippen LogP contribution >= 0.6 is 0 Å². The Labute approximate surface area is 98.2 Å². The first-order valence-electron chi connectivity index (χ1n) is 5.32. The third-order valence-corrected chi connectivity index (χ3v) is 2.77. The topological polar surface area (TPSA) is 61.4 Å². The molecule has 0 aromatic rings. The van der Waals surface area contributed by atoms with Crippen molar-refractivity contribution in [3.8, 4) is 0 Å². The van der Waals surface area contributed by atoms with E-state index >= 15 is 0 Å². The third-order valence-electron chi connectivity index (χ3n) is 2.77. The van der Waals surface area contributed by atoms with E-state index in [0.717, 1.165) is 19.4 Å². The van der Waals surface area contributed by atoms with E-state index < -0.39 is 6.04 Å². The van der Waals surface area contributed by atoms with Gasteiger partial charge in [-0.1, -0.05) is 0 Å². The van der Waals surface area contributed by atoms with Crippen LogP contribution in [0.2, 0.25) is 0 Å². The number of nitrogens with zero attached hydrogens (tertiary/aromatic N) is 1. The van der Waals surface area contributed by atoms with E-state index in [1.807, 2.05) is 0 Å². The first-order valence-corrected chi connectivity index (χ1v) is 5.32. The predicted molar refractivity (Wildman–Crippen MR) is 61.9 cm³/mol. The minimum atomic E-state index is -0.545. The summed E-state index contributed by atoms with van der Waals surface area (Å²) in [5, 5.41) is 5.01. The molecule has 0 spiro atoms. The van der Waals surface area contributed by atoms with Gasteiger partial charge in [-0.05, 0) is 26.3 Å². The second-order valence-corrected chi connectivity index (χ2v) is 3.97. The van der Waals surface area contributed by atoms with Crippen LogP contribution in [0.1, 0.15) is 19.8 Å². The van der Waals surface area contributed by atoms with Gasteiger partial charge in [0, 0.05) is 6.54 Å². The molecule has 0 bridgehead atoms. The van der Waals surface area contributed by atoms with E-state index in [1.54, 1.807) is 0 Å². The minimum absolute atomic E-state index is 0.112. The Morgan fingerprint density at radius 3 is 2.69 bits per heavy atom. The summed E-state index contributed by atoms with van der Waals surface area (Å²) in [6.45, 7) is 2.33. The molecule has 0 aliphatic carbocycles. The molecule has 1 aliphatic heterocycles. The molecule has 1 amide bonds. The first kappa shape index (κ1) is 13.3. The Morgan fingerprint density at radius 2 is 2.25 bits per heavy atom. The highest BCUT2D eigenvalue weighted by Crippen LogP contribution is 2.13. The van der Waals surface area contributed by atoms with Gasteiger partial charge >= 0.3 is 0 Å². The van der Waals surface area contributed by atoms with Crippen LogP contribution in [0, 0.1) is 0 Å². The van der Waals surface area contributed by atoms with E-state index in [9.17, 15) is 9.59 Å². The number of hydrogen-bond donors (Lipinski definition) is 2. The zero-order chi connectivity index (χ0) is 12.1. The fourth-order valence-corrected chi connectivity index (χ4v) is 1.71. The summed E-state index contributed by atoms with van der Waals surface area (Å²) in [5.74, 6) is -0.264. The van der Waals surface area contributed by atoms with E-state index in [2.05, 4.69) is 10.5 Å². The maximum Gasteiger partial charge on any atom is 0.236 e. The Kier molecular flexibility index (Phi) is 5.02. The average molecular weight is 219 g/mol. The molecule has 0 aromatic carbocycles. The lowest BCUT2D eigenvalue weighted by Crippen LogP contribution is -2.49. The zero-order valence-corrected chi connectivity index (χ0v) is 9.40. The van der Waals surface area contributed by atoms with Crippen molar-refractivity contribution >= 4 is 27.7 Å². The van der Waals surface area contributed by atoms with Crippen molar-refractivity contribution in [1.29, 1.82) is 0 Å². The summed E-state index contributed by atoms with van der Waals surface area (Å²) in [4.78, 5) is 24.3. The molecule has 1 saturated heterocycles. The van der Waals surface area contributed by atoms with Crippen LogP contribution in [-0.4, -0.2) is 57.6 Å². The Morgan fingerprint density at radius 1 is 1.56 bits per heavy atom.